The van der Waals surface area contributed by atoms with E-state index in [9.17, 15) is 13.6 Å². The third-order valence-corrected chi connectivity index (χ3v) is 4.54. The van der Waals surface area contributed by atoms with Crippen molar-refractivity contribution in [1.82, 2.24) is 4.57 Å². The molecule has 26 heavy (non-hydrogen) atoms. The van der Waals surface area contributed by atoms with E-state index < -0.39 is 17.2 Å². The molecule has 0 aliphatic carbocycles. The van der Waals surface area contributed by atoms with Crippen LogP contribution < -0.4 is 14.8 Å². The van der Waals surface area contributed by atoms with Crippen molar-refractivity contribution in [2.24, 2.45) is 0 Å². The van der Waals surface area contributed by atoms with Crippen LogP contribution in [-0.4, -0.2) is 4.57 Å². The minimum absolute atomic E-state index is 0.0416. The highest BCUT2D eigenvalue weighted by Crippen LogP contribution is 2.12. The zero-order valence-corrected chi connectivity index (χ0v) is 14.1. The van der Waals surface area contributed by atoms with Crippen LogP contribution in [0.15, 0.2) is 39.5 Å². The number of hydrogen-bond donors (Lipinski definition) is 0. The van der Waals surface area contributed by atoms with E-state index in [1.54, 1.807) is 31.2 Å². The molecule has 0 spiro atoms. The zero-order valence-electron chi connectivity index (χ0n) is 13.3. The van der Waals surface area contributed by atoms with Crippen molar-refractivity contribution in [1.29, 1.82) is 10.5 Å². The zero-order chi connectivity index (χ0) is 18.8. The van der Waals surface area contributed by atoms with Crippen LogP contribution in [0.4, 0.5) is 8.78 Å². The molecule has 3 rings (SSSR count). The molecular formula is C18H9F2N3O2S. The maximum absolute atomic E-state index is 14.2. The van der Waals surface area contributed by atoms with Gasteiger partial charge < -0.3 is 4.42 Å². The molecule has 0 aliphatic rings. The maximum Gasteiger partial charge on any atom is 0.273 e. The van der Waals surface area contributed by atoms with Crippen molar-refractivity contribution >= 4 is 23.0 Å². The number of nitriles is 2. The van der Waals surface area contributed by atoms with Gasteiger partial charge >= 0.3 is 0 Å². The molecule has 0 amide bonds. The van der Waals surface area contributed by atoms with E-state index in [1.165, 1.54) is 6.08 Å². The van der Waals surface area contributed by atoms with Crippen LogP contribution in [0.5, 0.6) is 0 Å². The number of halogens is 2. The Morgan fingerprint density at radius 2 is 1.96 bits per heavy atom. The summed E-state index contributed by atoms with van der Waals surface area (Å²) in [6.07, 6.45) is 1.44. The van der Waals surface area contributed by atoms with Gasteiger partial charge in [-0.15, -0.1) is 11.3 Å². The summed E-state index contributed by atoms with van der Waals surface area (Å²) < 4.78 is 33.8. The average Bonchev–Trinajstić information content (AvgIpc) is 3.14. The van der Waals surface area contributed by atoms with Gasteiger partial charge in [-0.1, -0.05) is 0 Å². The molecule has 0 saturated carbocycles. The Bertz CT molecular complexity index is 1250. The minimum atomic E-state index is -0.984. The molecule has 0 N–H and O–H groups in total. The predicted molar refractivity (Wildman–Crippen MR) is 90.7 cm³/mol. The maximum atomic E-state index is 14.2. The molecule has 0 radical (unpaired) electrons. The van der Waals surface area contributed by atoms with Gasteiger partial charge in [-0.3, -0.25) is 9.36 Å². The first-order valence-corrected chi connectivity index (χ1v) is 8.06. The Labute approximate surface area is 149 Å². The van der Waals surface area contributed by atoms with Crippen LogP contribution in [0, 0.1) is 41.2 Å². The smallest absolute Gasteiger partial charge is 0.273 e. The molecule has 0 unspecified atom stereocenters. The lowest BCUT2D eigenvalue weighted by atomic mass is 10.3. The molecule has 2 heterocycles. The SMILES string of the molecule is Cc1ccc(C=c2sc(=C(C#N)C#N)n(-c3ccc(F)cc3F)c2=O)o1. The Morgan fingerprint density at radius 3 is 2.54 bits per heavy atom. The number of nitrogens with zero attached hydrogens (tertiary/aromatic N) is 3. The largest absolute Gasteiger partial charge is 0.462 e. The summed E-state index contributed by atoms with van der Waals surface area (Å²) in [7, 11) is 0. The van der Waals surface area contributed by atoms with Gasteiger partial charge in [0, 0.05) is 12.1 Å². The summed E-state index contributed by atoms with van der Waals surface area (Å²) >= 11 is 0.848. The number of hydrogen-bond acceptors (Lipinski definition) is 5. The fraction of sp³-hybridized carbons (Fsp3) is 0.0556. The predicted octanol–water partition coefficient (Wildman–Crippen LogP) is 2.11. The molecule has 2 aromatic heterocycles. The van der Waals surface area contributed by atoms with Crippen molar-refractivity contribution in [3.05, 3.63) is 73.0 Å². The average molecular weight is 369 g/mol. The van der Waals surface area contributed by atoms with E-state index in [-0.39, 0.29) is 20.5 Å². The highest BCUT2D eigenvalue weighted by molar-refractivity contribution is 7.07. The van der Waals surface area contributed by atoms with E-state index in [2.05, 4.69) is 0 Å². The molecule has 0 atom stereocenters. The fourth-order valence-electron chi connectivity index (χ4n) is 2.31. The summed E-state index contributed by atoms with van der Waals surface area (Å²) in [5.74, 6) is -0.755. The molecule has 0 aliphatic heterocycles. The lowest BCUT2D eigenvalue weighted by Crippen LogP contribution is -2.31. The lowest BCUT2D eigenvalue weighted by Gasteiger charge is -2.03. The molecule has 0 bridgehead atoms. The molecule has 0 saturated heterocycles. The van der Waals surface area contributed by atoms with E-state index in [1.807, 2.05) is 0 Å². The second kappa shape index (κ2) is 6.79. The van der Waals surface area contributed by atoms with Crippen LogP contribution in [-0.2, 0) is 0 Å². The normalized spacial score (nSPS) is 11.2. The van der Waals surface area contributed by atoms with Crippen LogP contribution in [0.25, 0.3) is 17.3 Å². The molecule has 3 aromatic rings. The molecule has 0 fully saturated rings. The van der Waals surface area contributed by atoms with Gasteiger partial charge in [-0.05, 0) is 31.2 Å². The standard InChI is InChI=1S/C18H9F2N3O2S/c1-10-2-4-13(25-10)7-16-17(24)23(18(26-16)11(8-21)9-22)15-5-3-12(19)6-14(15)20/h2-7H,1H3. The monoisotopic (exact) mass is 369 g/mol. The van der Waals surface area contributed by atoms with Gasteiger partial charge in [0.25, 0.3) is 5.56 Å². The highest BCUT2D eigenvalue weighted by atomic mass is 32.1. The number of benzene rings is 1. The van der Waals surface area contributed by atoms with Crippen LogP contribution in [0.1, 0.15) is 11.5 Å². The third-order valence-electron chi connectivity index (χ3n) is 3.45. The van der Waals surface area contributed by atoms with Gasteiger partial charge in [0.1, 0.15) is 40.0 Å². The van der Waals surface area contributed by atoms with Crippen molar-refractivity contribution in [2.75, 3.05) is 0 Å². The topological polar surface area (TPSA) is 82.7 Å². The van der Waals surface area contributed by atoms with Crippen LogP contribution >= 0.6 is 11.3 Å². The van der Waals surface area contributed by atoms with E-state index in [4.69, 9.17) is 14.9 Å². The summed E-state index contributed by atoms with van der Waals surface area (Å²) in [5, 5.41) is 18.3. The number of aromatic nitrogens is 1. The Morgan fingerprint density at radius 1 is 1.23 bits per heavy atom. The Balaban J connectivity index is 2.43. The number of furan rings is 1. The van der Waals surface area contributed by atoms with E-state index in [0.717, 1.165) is 28.0 Å². The quantitative estimate of drug-likeness (QED) is 0.693. The summed E-state index contributed by atoms with van der Waals surface area (Å²) in [4.78, 5) is 12.8. The van der Waals surface area contributed by atoms with Gasteiger partial charge in [0.2, 0.25) is 0 Å². The second-order valence-electron chi connectivity index (χ2n) is 5.20. The first-order chi connectivity index (χ1) is 12.4. The Kier molecular flexibility index (Phi) is 4.53. The molecular weight excluding hydrogens is 360 g/mol. The summed E-state index contributed by atoms with van der Waals surface area (Å²) in [5.41, 5.74) is -1.25. The highest BCUT2D eigenvalue weighted by Gasteiger charge is 2.15. The first kappa shape index (κ1) is 17.3. The Hall–Kier alpha value is -3.49. The van der Waals surface area contributed by atoms with Crippen LogP contribution in [0.3, 0.4) is 0 Å². The molecule has 1 aromatic carbocycles. The van der Waals surface area contributed by atoms with Crippen molar-refractivity contribution in [2.45, 2.75) is 6.92 Å². The number of aryl methyl sites for hydroxylation is 1. The van der Waals surface area contributed by atoms with Crippen LogP contribution in [0.2, 0.25) is 0 Å². The first-order valence-electron chi connectivity index (χ1n) is 7.24. The van der Waals surface area contributed by atoms with Crippen molar-refractivity contribution in [3.8, 4) is 17.8 Å². The van der Waals surface area contributed by atoms with E-state index >= 15 is 0 Å². The molecule has 128 valence electrons. The minimum Gasteiger partial charge on any atom is -0.462 e. The van der Waals surface area contributed by atoms with Gasteiger partial charge in [0.15, 0.2) is 5.57 Å². The van der Waals surface area contributed by atoms with Gasteiger partial charge in [0.05, 0.1) is 10.2 Å². The molecule has 5 nitrogen and oxygen atoms in total. The number of rotatable bonds is 2. The second-order valence-corrected chi connectivity index (χ2v) is 6.23. The van der Waals surface area contributed by atoms with Gasteiger partial charge in [-0.2, -0.15) is 10.5 Å². The third kappa shape index (κ3) is 3.06. The van der Waals surface area contributed by atoms with Crippen molar-refractivity contribution in [3.63, 3.8) is 0 Å². The summed E-state index contributed by atoms with van der Waals surface area (Å²) in [6, 6.07) is 9.43. The summed E-state index contributed by atoms with van der Waals surface area (Å²) in [6.45, 7) is 1.74. The lowest BCUT2D eigenvalue weighted by molar-refractivity contribution is 0.525. The number of thiazole rings is 1. The van der Waals surface area contributed by atoms with Crippen molar-refractivity contribution < 1.29 is 13.2 Å². The van der Waals surface area contributed by atoms with Gasteiger partial charge in [-0.25, -0.2) is 8.78 Å². The fourth-order valence-corrected chi connectivity index (χ4v) is 3.34. The van der Waals surface area contributed by atoms with E-state index in [0.29, 0.717) is 17.6 Å². The molecule has 8 heteroatoms.